The van der Waals surface area contributed by atoms with Crippen LogP contribution in [0, 0.1) is 0 Å². The fourth-order valence-corrected chi connectivity index (χ4v) is 3.80. The van der Waals surface area contributed by atoms with Crippen LogP contribution in [0.2, 0.25) is 0 Å². The zero-order valence-corrected chi connectivity index (χ0v) is 12.4. The minimum Gasteiger partial charge on any atom is -0.380 e. The van der Waals surface area contributed by atoms with Gasteiger partial charge in [-0.05, 0) is 31.5 Å². The highest BCUT2D eigenvalue weighted by Crippen LogP contribution is 2.21. The molecule has 0 atom stereocenters. The van der Waals surface area contributed by atoms with E-state index < -0.39 is 10.0 Å². The van der Waals surface area contributed by atoms with Crippen molar-refractivity contribution in [2.75, 3.05) is 26.3 Å². The molecule has 19 heavy (non-hydrogen) atoms. The highest BCUT2D eigenvalue weighted by atomic mass is 32.2. The van der Waals surface area contributed by atoms with E-state index in [1.165, 1.54) is 11.3 Å². The van der Waals surface area contributed by atoms with Crippen molar-refractivity contribution in [2.24, 2.45) is 5.73 Å². The Hall–Kier alpha value is -0.730. The first-order valence-corrected chi connectivity index (χ1v) is 8.37. The van der Waals surface area contributed by atoms with Crippen LogP contribution in [-0.2, 0) is 21.2 Å². The lowest BCUT2D eigenvalue weighted by Crippen LogP contribution is -2.26. The van der Waals surface area contributed by atoms with Crippen LogP contribution in [0.1, 0.15) is 11.3 Å². The predicted molar refractivity (Wildman–Crippen MR) is 77.9 cm³/mol. The van der Waals surface area contributed by atoms with Crippen LogP contribution in [0.3, 0.4) is 0 Å². The largest absolute Gasteiger partial charge is 0.380 e. The number of hydrogen-bond acceptors (Lipinski definition) is 5. The third kappa shape index (κ3) is 5.84. The van der Waals surface area contributed by atoms with E-state index in [2.05, 4.69) is 11.3 Å². The molecule has 0 unspecified atom stereocenters. The van der Waals surface area contributed by atoms with Gasteiger partial charge in [-0.15, -0.1) is 17.9 Å². The lowest BCUT2D eigenvalue weighted by atomic mass is 10.3. The van der Waals surface area contributed by atoms with Gasteiger partial charge in [-0.2, -0.15) is 0 Å². The summed E-state index contributed by atoms with van der Waals surface area (Å²) in [5.41, 5.74) is 5.44. The quantitative estimate of drug-likeness (QED) is 0.501. The van der Waals surface area contributed by atoms with Crippen LogP contribution in [0.15, 0.2) is 29.0 Å². The van der Waals surface area contributed by atoms with E-state index in [1.54, 1.807) is 18.2 Å². The van der Waals surface area contributed by atoms with Crippen molar-refractivity contribution in [1.29, 1.82) is 0 Å². The standard InChI is InChI=1S/C12H20N2O3S2/c1-2-3-9-17-10-8-14-19(15,16)12-5-4-11(18-12)6-7-13/h2,4-5,14H,1,3,6-10,13H2. The molecular formula is C12H20N2O3S2. The molecule has 0 saturated carbocycles. The molecule has 0 bridgehead atoms. The Kier molecular flexibility index (Phi) is 7.25. The molecule has 0 aliphatic rings. The maximum atomic E-state index is 11.9. The summed E-state index contributed by atoms with van der Waals surface area (Å²) in [6, 6.07) is 3.41. The summed E-state index contributed by atoms with van der Waals surface area (Å²) in [4.78, 5) is 0.977. The second kappa shape index (κ2) is 8.44. The molecule has 0 radical (unpaired) electrons. The number of nitrogens with one attached hydrogen (secondary N) is 1. The van der Waals surface area contributed by atoms with Crippen molar-refractivity contribution >= 4 is 21.4 Å². The summed E-state index contributed by atoms with van der Waals surface area (Å²) in [5, 5.41) is 0. The van der Waals surface area contributed by atoms with Crippen molar-refractivity contribution in [3.05, 3.63) is 29.7 Å². The maximum absolute atomic E-state index is 11.9. The molecule has 0 aromatic carbocycles. The van der Waals surface area contributed by atoms with Crippen LogP contribution in [0.5, 0.6) is 0 Å². The third-order valence-electron chi connectivity index (χ3n) is 2.30. The lowest BCUT2D eigenvalue weighted by Gasteiger charge is -2.05. The Bertz CT molecular complexity index is 483. The zero-order chi connectivity index (χ0) is 14.1. The Morgan fingerprint density at radius 2 is 2.21 bits per heavy atom. The van der Waals surface area contributed by atoms with Crippen LogP contribution < -0.4 is 10.5 Å². The molecule has 108 valence electrons. The van der Waals surface area contributed by atoms with Gasteiger partial charge in [0, 0.05) is 11.4 Å². The Morgan fingerprint density at radius 1 is 1.42 bits per heavy atom. The van der Waals surface area contributed by atoms with Crippen molar-refractivity contribution < 1.29 is 13.2 Å². The number of thiophene rings is 1. The minimum absolute atomic E-state index is 0.267. The van der Waals surface area contributed by atoms with Crippen LogP contribution in [0.25, 0.3) is 0 Å². The Morgan fingerprint density at radius 3 is 2.89 bits per heavy atom. The van der Waals surface area contributed by atoms with Gasteiger partial charge in [0.2, 0.25) is 10.0 Å². The van der Waals surface area contributed by atoms with Crippen molar-refractivity contribution in [3.8, 4) is 0 Å². The summed E-state index contributed by atoms with van der Waals surface area (Å²) in [5.74, 6) is 0. The number of hydrogen-bond donors (Lipinski definition) is 2. The molecule has 0 aliphatic carbocycles. The molecule has 1 aromatic heterocycles. The average molecular weight is 304 g/mol. The maximum Gasteiger partial charge on any atom is 0.250 e. The van der Waals surface area contributed by atoms with Gasteiger partial charge < -0.3 is 10.5 Å². The van der Waals surface area contributed by atoms with E-state index in [0.717, 1.165) is 11.3 Å². The highest BCUT2D eigenvalue weighted by molar-refractivity contribution is 7.91. The predicted octanol–water partition coefficient (Wildman–Crippen LogP) is 1.12. The molecular weight excluding hydrogens is 284 g/mol. The Balaban J connectivity index is 2.39. The molecule has 0 aliphatic heterocycles. The zero-order valence-electron chi connectivity index (χ0n) is 10.8. The monoisotopic (exact) mass is 304 g/mol. The van der Waals surface area contributed by atoms with Crippen molar-refractivity contribution in [2.45, 2.75) is 17.1 Å². The number of rotatable bonds is 10. The molecule has 1 aromatic rings. The van der Waals surface area contributed by atoms with Gasteiger partial charge in [0.25, 0.3) is 0 Å². The third-order valence-corrected chi connectivity index (χ3v) is 5.40. The molecule has 3 N–H and O–H groups in total. The second-order valence-corrected chi connectivity index (χ2v) is 7.01. The van der Waals surface area contributed by atoms with E-state index in [4.69, 9.17) is 10.5 Å². The average Bonchev–Trinajstić information content (AvgIpc) is 2.83. The number of sulfonamides is 1. The fourth-order valence-electron chi connectivity index (χ4n) is 1.37. The smallest absolute Gasteiger partial charge is 0.250 e. The van der Waals surface area contributed by atoms with Gasteiger partial charge in [-0.25, -0.2) is 13.1 Å². The molecule has 0 saturated heterocycles. The lowest BCUT2D eigenvalue weighted by molar-refractivity contribution is 0.144. The summed E-state index contributed by atoms with van der Waals surface area (Å²) < 4.78 is 31.9. The summed E-state index contributed by atoms with van der Waals surface area (Å²) in [6.45, 7) is 5.28. The molecule has 5 nitrogen and oxygen atoms in total. The fraction of sp³-hybridized carbons (Fsp3) is 0.500. The van der Waals surface area contributed by atoms with Gasteiger partial charge >= 0.3 is 0 Å². The van der Waals surface area contributed by atoms with Gasteiger partial charge in [0.1, 0.15) is 4.21 Å². The SMILES string of the molecule is C=CCCOCCNS(=O)(=O)c1ccc(CCN)s1. The van der Waals surface area contributed by atoms with E-state index in [0.29, 0.717) is 30.4 Å². The topological polar surface area (TPSA) is 81.4 Å². The minimum atomic E-state index is -3.42. The normalized spacial score (nSPS) is 11.6. The molecule has 1 rings (SSSR count). The van der Waals surface area contributed by atoms with E-state index in [-0.39, 0.29) is 6.54 Å². The van der Waals surface area contributed by atoms with E-state index in [9.17, 15) is 8.42 Å². The van der Waals surface area contributed by atoms with Crippen LogP contribution in [-0.4, -0.2) is 34.7 Å². The van der Waals surface area contributed by atoms with E-state index in [1.807, 2.05) is 0 Å². The first-order valence-electron chi connectivity index (χ1n) is 6.07. The van der Waals surface area contributed by atoms with E-state index >= 15 is 0 Å². The second-order valence-electron chi connectivity index (χ2n) is 3.85. The highest BCUT2D eigenvalue weighted by Gasteiger charge is 2.15. The summed E-state index contributed by atoms with van der Waals surface area (Å²) in [7, 11) is -3.42. The number of ether oxygens (including phenoxy) is 1. The molecule has 0 fully saturated rings. The molecule has 7 heteroatoms. The van der Waals surface area contributed by atoms with Gasteiger partial charge in [-0.1, -0.05) is 6.08 Å². The van der Waals surface area contributed by atoms with Crippen LogP contribution >= 0.6 is 11.3 Å². The first kappa shape index (κ1) is 16.3. The molecule has 1 heterocycles. The summed E-state index contributed by atoms with van der Waals surface area (Å²) >= 11 is 1.25. The Labute approximate surface area is 118 Å². The summed E-state index contributed by atoms with van der Waals surface area (Å²) in [6.07, 6.45) is 3.22. The van der Waals surface area contributed by atoms with Gasteiger partial charge in [0.15, 0.2) is 0 Å². The van der Waals surface area contributed by atoms with Gasteiger partial charge in [-0.3, -0.25) is 0 Å². The first-order chi connectivity index (χ1) is 9.10. The molecule has 0 amide bonds. The van der Waals surface area contributed by atoms with Crippen molar-refractivity contribution in [1.82, 2.24) is 4.72 Å². The van der Waals surface area contributed by atoms with Crippen LogP contribution in [0.4, 0.5) is 0 Å². The van der Waals surface area contributed by atoms with Crippen molar-refractivity contribution in [3.63, 3.8) is 0 Å². The number of nitrogens with two attached hydrogens (primary N) is 1. The molecule has 0 spiro atoms. The van der Waals surface area contributed by atoms with Gasteiger partial charge in [0.05, 0.1) is 13.2 Å².